The van der Waals surface area contributed by atoms with Gasteiger partial charge >= 0.3 is 0 Å². The van der Waals surface area contributed by atoms with Crippen molar-refractivity contribution in [2.45, 2.75) is 0 Å². The summed E-state index contributed by atoms with van der Waals surface area (Å²) < 4.78 is 51.9. The molecular weight excluding hydrogens is 260 g/mol. The molecule has 6 heteroatoms. The van der Waals surface area contributed by atoms with Crippen LogP contribution in [0.3, 0.4) is 0 Å². The van der Waals surface area contributed by atoms with E-state index in [9.17, 15) is 17.6 Å². The maximum absolute atomic E-state index is 13.1. The van der Waals surface area contributed by atoms with Crippen LogP contribution >= 0.6 is 0 Å². The van der Waals surface area contributed by atoms with Crippen LogP contribution in [0.4, 0.5) is 28.9 Å². The van der Waals surface area contributed by atoms with Gasteiger partial charge in [-0.25, -0.2) is 17.6 Å². The first-order valence-corrected chi connectivity index (χ1v) is 5.12. The standard InChI is InChI=1S/C13H6F4N2/c14-8-1-7(6-18)2-9(3-8)19-10-4-11(15)13(17)12(16)5-10/h1-5,19H. The maximum Gasteiger partial charge on any atom is 0.194 e. The molecule has 2 rings (SSSR count). The van der Waals surface area contributed by atoms with Crippen molar-refractivity contribution in [3.8, 4) is 6.07 Å². The molecule has 2 aromatic carbocycles. The molecule has 0 spiro atoms. The fourth-order valence-electron chi connectivity index (χ4n) is 1.52. The summed E-state index contributed by atoms with van der Waals surface area (Å²) in [7, 11) is 0. The second-order valence-electron chi connectivity index (χ2n) is 3.72. The van der Waals surface area contributed by atoms with Crippen LogP contribution in [0.5, 0.6) is 0 Å². The number of benzene rings is 2. The molecule has 0 heterocycles. The molecule has 0 saturated carbocycles. The van der Waals surface area contributed by atoms with E-state index in [1.165, 1.54) is 6.07 Å². The van der Waals surface area contributed by atoms with Crippen molar-refractivity contribution in [1.82, 2.24) is 0 Å². The van der Waals surface area contributed by atoms with Gasteiger partial charge in [0, 0.05) is 23.5 Å². The lowest BCUT2D eigenvalue weighted by Crippen LogP contribution is -1.97. The van der Waals surface area contributed by atoms with Gasteiger partial charge in [0.2, 0.25) is 0 Å². The molecule has 0 fully saturated rings. The van der Waals surface area contributed by atoms with Gasteiger partial charge < -0.3 is 5.32 Å². The number of hydrogen-bond acceptors (Lipinski definition) is 2. The van der Waals surface area contributed by atoms with E-state index < -0.39 is 23.3 Å². The zero-order valence-electron chi connectivity index (χ0n) is 9.35. The van der Waals surface area contributed by atoms with Crippen molar-refractivity contribution >= 4 is 11.4 Å². The first-order valence-electron chi connectivity index (χ1n) is 5.12. The molecule has 0 bridgehead atoms. The Kier molecular flexibility index (Phi) is 3.38. The van der Waals surface area contributed by atoms with Gasteiger partial charge in [0.25, 0.3) is 0 Å². The van der Waals surface area contributed by atoms with Crippen molar-refractivity contribution in [2.75, 3.05) is 5.32 Å². The molecule has 0 aliphatic rings. The minimum absolute atomic E-state index is 0.0468. The summed E-state index contributed by atoms with van der Waals surface area (Å²) >= 11 is 0. The highest BCUT2D eigenvalue weighted by atomic mass is 19.2. The average molecular weight is 266 g/mol. The maximum atomic E-state index is 13.1. The van der Waals surface area contributed by atoms with Gasteiger partial charge in [0.15, 0.2) is 17.5 Å². The lowest BCUT2D eigenvalue weighted by Gasteiger charge is -2.08. The Labute approximate surface area is 105 Å². The van der Waals surface area contributed by atoms with Crippen LogP contribution in [0, 0.1) is 34.6 Å². The highest BCUT2D eigenvalue weighted by molar-refractivity contribution is 5.61. The first kappa shape index (κ1) is 12.9. The number of nitrogens with one attached hydrogen (secondary N) is 1. The highest BCUT2D eigenvalue weighted by Gasteiger charge is 2.11. The third kappa shape index (κ3) is 2.83. The average Bonchev–Trinajstić information content (AvgIpc) is 2.35. The molecule has 19 heavy (non-hydrogen) atoms. The SMILES string of the molecule is N#Cc1cc(F)cc(Nc2cc(F)c(F)c(F)c2)c1. The summed E-state index contributed by atoms with van der Waals surface area (Å²) in [5, 5.41) is 11.2. The molecular formula is C13H6F4N2. The Balaban J connectivity index is 2.36. The molecule has 2 aromatic rings. The van der Waals surface area contributed by atoms with E-state index in [1.807, 2.05) is 0 Å². The summed E-state index contributed by atoms with van der Waals surface area (Å²) in [4.78, 5) is 0. The van der Waals surface area contributed by atoms with Crippen LogP contribution in [-0.4, -0.2) is 0 Å². The lowest BCUT2D eigenvalue weighted by atomic mass is 10.2. The molecule has 0 amide bonds. The summed E-state index contributed by atoms with van der Waals surface area (Å²) in [6.07, 6.45) is 0. The topological polar surface area (TPSA) is 35.8 Å². The smallest absolute Gasteiger partial charge is 0.194 e. The molecule has 0 saturated heterocycles. The van der Waals surface area contributed by atoms with Crippen LogP contribution in [-0.2, 0) is 0 Å². The quantitative estimate of drug-likeness (QED) is 0.661. The second-order valence-corrected chi connectivity index (χ2v) is 3.72. The van der Waals surface area contributed by atoms with Crippen molar-refractivity contribution in [3.63, 3.8) is 0 Å². The Bertz CT molecular complexity index is 654. The fourth-order valence-corrected chi connectivity index (χ4v) is 1.52. The van der Waals surface area contributed by atoms with Crippen molar-refractivity contribution < 1.29 is 17.6 Å². The van der Waals surface area contributed by atoms with E-state index in [-0.39, 0.29) is 16.9 Å². The molecule has 1 N–H and O–H groups in total. The van der Waals surface area contributed by atoms with Gasteiger partial charge in [-0.05, 0) is 18.2 Å². The normalized spacial score (nSPS) is 10.1. The van der Waals surface area contributed by atoms with E-state index in [0.717, 1.165) is 24.3 Å². The zero-order chi connectivity index (χ0) is 14.0. The number of hydrogen-bond donors (Lipinski definition) is 1. The number of anilines is 2. The summed E-state index contributed by atoms with van der Waals surface area (Å²) in [5.74, 6) is -4.98. The van der Waals surface area contributed by atoms with Crippen LogP contribution < -0.4 is 5.32 Å². The summed E-state index contributed by atoms with van der Waals surface area (Å²) in [5.41, 5.74) is 0.0819. The monoisotopic (exact) mass is 266 g/mol. The van der Waals surface area contributed by atoms with Crippen LogP contribution in [0.1, 0.15) is 5.56 Å². The highest BCUT2D eigenvalue weighted by Crippen LogP contribution is 2.22. The summed E-state index contributed by atoms with van der Waals surface area (Å²) in [6, 6.07) is 6.55. The fraction of sp³-hybridized carbons (Fsp3) is 0. The first-order chi connectivity index (χ1) is 8.99. The van der Waals surface area contributed by atoms with Gasteiger partial charge in [0.05, 0.1) is 11.6 Å². The number of nitriles is 1. The van der Waals surface area contributed by atoms with Gasteiger partial charge in [-0.15, -0.1) is 0 Å². The molecule has 2 nitrogen and oxygen atoms in total. The number of halogens is 4. The van der Waals surface area contributed by atoms with E-state index >= 15 is 0 Å². The Morgan fingerprint density at radius 3 is 2.00 bits per heavy atom. The molecule has 0 aliphatic heterocycles. The molecule has 0 radical (unpaired) electrons. The molecule has 0 unspecified atom stereocenters. The van der Waals surface area contributed by atoms with Gasteiger partial charge in [-0.3, -0.25) is 0 Å². The van der Waals surface area contributed by atoms with Gasteiger partial charge in [-0.1, -0.05) is 0 Å². The van der Waals surface area contributed by atoms with E-state index in [2.05, 4.69) is 5.32 Å². The molecule has 96 valence electrons. The Morgan fingerprint density at radius 2 is 1.42 bits per heavy atom. The third-order valence-electron chi connectivity index (χ3n) is 2.30. The number of rotatable bonds is 2. The third-order valence-corrected chi connectivity index (χ3v) is 2.30. The van der Waals surface area contributed by atoms with Crippen LogP contribution in [0.15, 0.2) is 30.3 Å². The summed E-state index contributed by atoms with van der Waals surface area (Å²) in [6.45, 7) is 0. The zero-order valence-corrected chi connectivity index (χ0v) is 9.35. The van der Waals surface area contributed by atoms with E-state index in [0.29, 0.717) is 0 Å². The predicted octanol–water partition coefficient (Wildman–Crippen LogP) is 3.86. The van der Waals surface area contributed by atoms with Crippen molar-refractivity contribution in [2.24, 2.45) is 0 Å². The predicted molar refractivity (Wildman–Crippen MR) is 60.7 cm³/mol. The van der Waals surface area contributed by atoms with Gasteiger partial charge in [0.1, 0.15) is 5.82 Å². The minimum Gasteiger partial charge on any atom is -0.355 e. The lowest BCUT2D eigenvalue weighted by molar-refractivity contribution is 0.448. The Hall–Kier alpha value is -2.55. The largest absolute Gasteiger partial charge is 0.355 e. The molecule has 0 atom stereocenters. The second kappa shape index (κ2) is 4.98. The van der Waals surface area contributed by atoms with Crippen molar-refractivity contribution in [3.05, 3.63) is 59.2 Å². The Morgan fingerprint density at radius 1 is 0.842 bits per heavy atom. The van der Waals surface area contributed by atoms with Crippen LogP contribution in [0.2, 0.25) is 0 Å². The minimum atomic E-state index is -1.58. The molecule has 0 aliphatic carbocycles. The van der Waals surface area contributed by atoms with Crippen LogP contribution in [0.25, 0.3) is 0 Å². The van der Waals surface area contributed by atoms with Crippen molar-refractivity contribution in [1.29, 1.82) is 5.26 Å². The molecule has 0 aromatic heterocycles. The van der Waals surface area contributed by atoms with E-state index in [4.69, 9.17) is 5.26 Å². The number of nitrogens with zero attached hydrogens (tertiary/aromatic N) is 1. The van der Waals surface area contributed by atoms with E-state index in [1.54, 1.807) is 6.07 Å². The van der Waals surface area contributed by atoms with Gasteiger partial charge in [-0.2, -0.15) is 5.26 Å².